The van der Waals surface area contributed by atoms with E-state index in [9.17, 15) is 14.9 Å². The Bertz CT molecular complexity index is 1630. The van der Waals surface area contributed by atoms with E-state index in [1.54, 1.807) is 6.07 Å². The van der Waals surface area contributed by atoms with Gasteiger partial charge < -0.3 is 14.5 Å². The number of nitro groups is 1. The molecule has 0 unspecified atom stereocenters. The zero-order chi connectivity index (χ0) is 25.9. The van der Waals surface area contributed by atoms with Gasteiger partial charge in [0.1, 0.15) is 23.3 Å². The number of hydrogen-bond donors (Lipinski definition) is 1. The highest BCUT2D eigenvalue weighted by Crippen LogP contribution is 2.52. The Labute approximate surface area is 213 Å². The maximum absolute atomic E-state index is 13.6. The molecule has 186 valence electrons. The lowest BCUT2D eigenvalue weighted by atomic mass is 9.68. The number of carbonyl (C=O) groups is 1. The van der Waals surface area contributed by atoms with Gasteiger partial charge in [-0.1, -0.05) is 44.2 Å². The number of furan rings is 1. The van der Waals surface area contributed by atoms with Crippen molar-refractivity contribution in [2.75, 3.05) is 12.4 Å². The molecule has 0 saturated carbocycles. The number of methoxy groups -OCH3 is 1. The number of nitro benzene ring substituents is 1. The molecule has 1 aliphatic heterocycles. The van der Waals surface area contributed by atoms with Crippen LogP contribution in [0.25, 0.3) is 27.7 Å². The second-order valence-electron chi connectivity index (χ2n) is 10.5. The number of benzene rings is 3. The van der Waals surface area contributed by atoms with Crippen molar-refractivity contribution in [3.63, 3.8) is 0 Å². The largest absolute Gasteiger partial charge is 0.496 e. The third-order valence-corrected chi connectivity index (χ3v) is 7.31. The van der Waals surface area contributed by atoms with Crippen LogP contribution in [0.4, 0.5) is 11.4 Å². The lowest BCUT2D eigenvalue weighted by molar-refractivity contribution is -0.384. The highest BCUT2D eigenvalue weighted by atomic mass is 16.6. The number of anilines is 1. The van der Waals surface area contributed by atoms with Gasteiger partial charge >= 0.3 is 0 Å². The molecule has 0 radical (unpaired) electrons. The third-order valence-electron chi connectivity index (χ3n) is 7.31. The summed E-state index contributed by atoms with van der Waals surface area (Å²) in [5.74, 6) is 1.72. The minimum Gasteiger partial charge on any atom is -0.496 e. The highest BCUT2D eigenvalue weighted by molar-refractivity contribution is 6.28. The molecule has 3 aromatic carbocycles. The number of ketones is 1. The number of Topliss-reactive ketones (excluding diaryl/α,β-unsaturated/α-hetero) is 1. The van der Waals surface area contributed by atoms with Crippen LogP contribution in [0.1, 0.15) is 44.1 Å². The van der Waals surface area contributed by atoms with E-state index in [0.717, 1.165) is 39.6 Å². The number of carbonyl (C=O) groups excluding carboxylic acids is 1. The van der Waals surface area contributed by atoms with Crippen molar-refractivity contribution in [2.24, 2.45) is 5.41 Å². The van der Waals surface area contributed by atoms with Crippen molar-refractivity contribution in [1.82, 2.24) is 0 Å². The van der Waals surface area contributed by atoms with E-state index in [4.69, 9.17) is 9.15 Å². The Balaban J connectivity index is 1.49. The molecule has 0 saturated heterocycles. The van der Waals surface area contributed by atoms with Crippen LogP contribution in [0.5, 0.6) is 5.75 Å². The van der Waals surface area contributed by atoms with Crippen LogP contribution in [-0.4, -0.2) is 17.8 Å². The van der Waals surface area contributed by atoms with Crippen LogP contribution >= 0.6 is 0 Å². The Hall–Kier alpha value is -4.39. The fourth-order valence-corrected chi connectivity index (χ4v) is 5.71. The fourth-order valence-electron chi connectivity index (χ4n) is 5.71. The Morgan fingerprint density at radius 2 is 1.86 bits per heavy atom. The number of allylic oxidation sites excluding steroid dienone is 1. The predicted molar refractivity (Wildman–Crippen MR) is 143 cm³/mol. The quantitative estimate of drug-likeness (QED) is 0.236. The minimum atomic E-state index is -0.456. The molecule has 2 aliphatic rings. The van der Waals surface area contributed by atoms with E-state index in [1.807, 2.05) is 30.3 Å². The molecule has 37 heavy (non-hydrogen) atoms. The number of hydrogen-bond acceptors (Lipinski definition) is 6. The summed E-state index contributed by atoms with van der Waals surface area (Å²) in [6.07, 6.45) is 1.25. The van der Waals surface area contributed by atoms with Gasteiger partial charge in [-0.05, 0) is 52.4 Å². The van der Waals surface area contributed by atoms with Gasteiger partial charge in [-0.2, -0.15) is 0 Å². The molecule has 1 N–H and O–H groups in total. The normalized spacial score (nSPS) is 18.2. The van der Waals surface area contributed by atoms with Crippen molar-refractivity contribution in [1.29, 1.82) is 0 Å². The van der Waals surface area contributed by atoms with Crippen LogP contribution in [-0.2, 0) is 4.79 Å². The topological polar surface area (TPSA) is 94.6 Å². The average Bonchev–Trinajstić information content (AvgIpc) is 3.36. The van der Waals surface area contributed by atoms with Gasteiger partial charge in [0, 0.05) is 29.3 Å². The fraction of sp³-hybridized carbons (Fsp3) is 0.233. The van der Waals surface area contributed by atoms with Gasteiger partial charge in [0.25, 0.3) is 5.69 Å². The molecule has 0 bridgehead atoms. The zero-order valence-electron chi connectivity index (χ0n) is 20.8. The zero-order valence-corrected chi connectivity index (χ0v) is 20.8. The SMILES string of the molecule is COc1cc([N+](=O)[O-])ccc1-c1ccc([C@H]2Nc3ccc4ccccc4c3C3=C2CC(C)(C)CC3=O)o1. The van der Waals surface area contributed by atoms with Crippen LogP contribution in [0, 0.1) is 15.5 Å². The van der Waals surface area contributed by atoms with E-state index in [-0.39, 0.29) is 22.9 Å². The second-order valence-corrected chi connectivity index (χ2v) is 10.5. The molecule has 6 rings (SSSR count). The van der Waals surface area contributed by atoms with Crippen LogP contribution in [0.15, 0.2) is 76.7 Å². The summed E-state index contributed by atoms with van der Waals surface area (Å²) in [6.45, 7) is 4.25. The van der Waals surface area contributed by atoms with Gasteiger partial charge in [0.15, 0.2) is 5.78 Å². The summed E-state index contributed by atoms with van der Waals surface area (Å²) >= 11 is 0. The predicted octanol–water partition coefficient (Wildman–Crippen LogP) is 7.33. The number of nitrogens with zero attached hydrogens (tertiary/aromatic N) is 1. The number of fused-ring (bicyclic) bond motifs is 4. The molecule has 7 nitrogen and oxygen atoms in total. The smallest absolute Gasteiger partial charge is 0.273 e. The van der Waals surface area contributed by atoms with E-state index >= 15 is 0 Å². The number of ether oxygens (including phenoxy) is 1. The number of nitrogens with one attached hydrogen (secondary N) is 1. The summed E-state index contributed by atoms with van der Waals surface area (Å²) in [5, 5.41) is 17.0. The maximum atomic E-state index is 13.6. The van der Waals surface area contributed by atoms with Crippen LogP contribution in [0.3, 0.4) is 0 Å². The first-order chi connectivity index (χ1) is 17.8. The van der Waals surface area contributed by atoms with Crippen molar-refractivity contribution < 1.29 is 18.9 Å². The van der Waals surface area contributed by atoms with Gasteiger partial charge in [0.2, 0.25) is 0 Å². The molecule has 0 fully saturated rings. The van der Waals surface area contributed by atoms with E-state index in [1.165, 1.54) is 19.2 Å². The Morgan fingerprint density at radius 3 is 2.65 bits per heavy atom. The van der Waals surface area contributed by atoms with Gasteiger partial charge in [-0.15, -0.1) is 0 Å². The number of non-ortho nitro benzene ring substituents is 1. The summed E-state index contributed by atoms with van der Waals surface area (Å²) in [7, 11) is 1.48. The van der Waals surface area contributed by atoms with Crippen molar-refractivity contribution >= 4 is 33.5 Å². The van der Waals surface area contributed by atoms with Gasteiger partial charge in [-0.3, -0.25) is 14.9 Å². The monoisotopic (exact) mass is 494 g/mol. The molecule has 0 amide bonds. The van der Waals surface area contributed by atoms with Crippen molar-refractivity contribution in [3.8, 4) is 17.1 Å². The maximum Gasteiger partial charge on any atom is 0.273 e. The summed E-state index contributed by atoms with van der Waals surface area (Å²) in [4.78, 5) is 24.4. The molecule has 1 aromatic heterocycles. The molecule has 1 atom stereocenters. The molecule has 1 aliphatic carbocycles. The number of rotatable bonds is 4. The van der Waals surface area contributed by atoms with Gasteiger partial charge in [-0.25, -0.2) is 0 Å². The summed E-state index contributed by atoms with van der Waals surface area (Å²) < 4.78 is 11.8. The lowest BCUT2D eigenvalue weighted by Gasteiger charge is -2.39. The first kappa shape index (κ1) is 23.0. The summed E-state index contributed by atoms with van der Waals surface area (Å²) in [5.41, 5.74) is 4.09. The molecular weight excluding hydrogens is 468 g/mol. The standard InChI is InChI=1S/C30H26N2O5/c1-30(2)15-21-28(23(33)16-30)27-19-7-5-4-6-17(19)8-11-22(27)31-29(21)25-13-12-24(37-25)20-10-9-18(32(34)35)14-26(20)36-3/h4-14,29,31H,15-16H2,1-3H3/t29-/m0/s1. The molecule has 2 heterocycles. The third kappa shape index (κ3) is 3.78. The second kappa shape index (κ2) is 8.34. The molecule has 7 heteroatoms. The summed E-state index contributed by atoms with van der Waals surface area (Å²) in [6, 6.07) is 20.1. The first-order valence-electron chi connectivity index (χ1n) is 12.2. The van der Waals surface area contributed by atoms with Gasteiger partial charge in [0.05, 0.1) is 23.7 Å². The molecule has 4 aromatic rings. The van der Waals surface area contributed by atoms with Crippen molar-refractivity contribution in [2.45, 2.75) is 32.7 Å². The minimum absolute atomic E-state index is 0.0529. The lowest BCUT2D eigenvalue weighted by Crippen LogP contribution is -2.32. The van der Waals surface area contributed by atoms with Crippen molar-refractivity contribution in [3.05, 3.63) is 93.7 Å². The molecule has 0 spiro atoms. The van der Waals surface area contributed by atoms with E-state index in [2.05, 4.69) is 37.4 Å². The van der Waals surface area contributed by atoms with E-state index in [0.29, 0.717) is 29.3 Å². The van der Waals surface area contributed by atoms with Crippen LogP contribution in [0.2, 0.25) is 0 Å². The van der Waals surface area contributed by atoms with Crippen LogP contribution < -0.4 is 10.1 Å². The average molecular weight is 495 g/mol. The van der Waals surface area contributed by atoms with E-state index < -0.39 is 4.92 Å². The first-order valence-corrected chi connectivity index (χ1v) is 12.2. The highest BCUT2D eigenvalue weighted by Gasteiger charge is 2.41. The Morgan fingerprint density at radius 1 is 1.05 bits per heavy atom. The molecular formula is C30H26N2O5. The Kier molecular flexibility index (Phi) is 5.19.